The molecule has 5 heteroatoms. The highest BCUT2D eigenvalue weighted by Gasteiger charge is 1.97. The van der Waals surface area contributed by atoms with Crippen LogP contribution in [0.15, 0.2) is 41.7 Å². The summed E-state index contributed by atoms with van der Waals surface area (Å²) in [5.74, 6) is 0.866. The first-order chi connectivity index (χ1) is 8.78. The molecule has 0 atom stereocenters. The Bertz CT molecular complexity index is 499. The van der Waals surface area contributed by atoms with Crippen molar-refractivity contribution in [2.45, 2.75) is 11.4 Å². The predicted molar refractivity (Wildman–Crippen MR) is 76.9 cm³/mol. The minimum absolute atomic E-state index is 0.798. The lowest BCUT2D eigenvalue weighted by molar-refractivity contribution is 0.980. The van der Waals surface area contributed by atoms with E-state index in [9.17, 15) is 0 Å². The summed E-state index contributed by atoms with van der Waals surface area (Å²) in [5, 5.41) is 4.26. The Morgan fingerprint density at radius 1 is 1.22 bits per heavy atom. The molecule has 4 nitrogen and oxygen atoms in total. The molecule has 0 unspecified atom stereocenters. The Kier molecular flexibility index (Phi) is 4.41. The predicted octanol–water partition coefficient (Wildman–Crippen LogP) is 2.44. The van der Waals surface area contributed by atoms with Gasteiger partial charge in [0.15, 0.2) is 0 Å². The summed E-state index contributed by atoms with van der Waals surface area (Å²) >= 11 is 1.61. The number of nitrogens with two attached hydrogens (primary N) is 1. The van der Waals surface area contributed by atoms with Gasteiger partial charge < -0.3 is 11.1 Å². The van der Waals surface area contributed by atoms with Crippen LogP contribution in [0.2, 0.25) is 0 Å². The Morgan fingerprint density at radius 2 is 2.00 bits per heavy atom. The topological polar surface area (TPSA) is 63.8 Å². The molecule has 0 aliphatic rings. The standard InChI is InChI=1S/C13H16N4S/c1-18-13-8-12(16-9-17-13)15-7-6-10-2-4-11(14)5-3-10/h2-5,8-9H,6-7,14H2,1H3,(H,15,16,17). The molecule has 18 heavy (non-hydrogen) atoms. The van der Waals surface area contributed by atoms with Crippen LogP contribution in [0.4, 0.5) is 11.5 Å². The maximum atomic E-state index is 5.64. The minimum Gasteiger partial charge on any atom is -0.399 e. The van der Waals surface area contributed by atoms with Crippen LogP contribution in [0.25, 0.3) is 0 Å². The van der Waals surface area contributed by atoms with E-state index in [0.29, 0.717) is 0 Å². The third-order valence-electron chi connectivity index (χ3n) is 2.55. The van der Waals surface area contributed by atoms with E-state index in [-0.39, 0.29) is 0 Å². The number of thioether (sulfide) groups is 1. The minimum atomic E-state index is 0.798. The van der Waals surface area contributed by atoms with Gasteiger partial charge in [0.05, 0.1) is 0 Å². The maximum absolute atomic E-state index is 5.64. The number of benzene rings is 1. The third kappa shape index (κ3) is 3.63. The molecule has 0 saturated heterocycles. The van der Waals surface area contributed by atoms with Gasteiger partial charge >= 0.3 is 0 Å². The second-order valence-corrected chi connectivity index (χ2v) is 4.69. The fourth-order valence-corrected chi connectivity index (χ4v) is 1.95. The quantitative estimate of drug-likeness (QED) is 0.491. The van der Waals surface area contributed by atoms with Crippen LogP contribution in [0.3, 0.4) is 0 Å². The van der Waals surface area contributed by atoms with E-state index in [1.807, 2.05) is 36.6 Å². The second kappa shape index (κ2) is 6.26. The average molecular weight is 260 g/mol. The Balaban J connectivity index is 1.86. The monoisotopic (exact) mass is 260 g/mol. The van der Waals surface area contributed by atoms with Gasteiger partial charge in [-0.15, -0.1) is 11.8 Å². The normalized spacial score (nSPS) is 10.3. The van der Waals surface area contributed by atoms with E-state index < -0.39 is 0 Å². The molecule has 0 amide bonds. The van der Waals surface area contributed by atoms with Crippen LogP contribution in [0, 0.1) is 0 Å². The zero-order valence-electron chi connectivity index (χ0n) is 10.3. The van der Waals surface area contributed by atoms with Crippen molar-refractivity contribution in [3.63, 3.8) is 0 Å². The summed E-state index contributed by atoms with van der Waals surface area (Å²) < 4.78 is 0. The lowest BCUT2D eigenvalue weighted by Crippen LogP contribution is -2.06. The van der Waals surface area contributed by atoms with Gasteiger partial charge in [-0.3, -0.25) is 0 Å². The molecule has 94 valence electrons. The highest BCUT2D eigenvalue weighted by molar-refractivity contribution is 7.98. The lowest BCUT2D eigenvalue weighted by atomic mass is 10.1. The van der Waals surface area contributed by atoms with Crippen molar-refractivity contribution < 1.29 is 0 Å². The number of hydrogen-bond acceptors (Lipinski definition) is 5. The van der Waals surface area contributed by atoms with E-state index in [0.717, 1.165) is 29.5 Å². The van der Waals surface area contributed by atoms with Crippen molar-refractivity contribution in [2.24, 2.45) is 0 Å². The Labute approximate surface area is 111 Å². The van der Waals surface area contributed by atoms with Gasteiger partial charge in [-0.05, 0) is 30.4 Å². The van der Waals surface area contributed by atoms with Gasteiger partial charge in [-0.1, -0.05) is 12.1 Å². The van der Waals surface area contributed by atoms with Crippen molar-refractivity contribution in [3.05, 3.63) is 42.2 Å². The van der Waals surface area contributed by atoms with Crippen LogP contribution in [0.5, 0.6) is 0 Å². The fraction of sp³-hybridized carbons (Fsp3) is 0.231. The average Bonchev–Trinajstić information content (AvgIpc) is 2.41. The fourth-order valence-electron chi connectivity index (χ4n) is 1.57. The molecular formula is C13H16N4S. The first-order valence-corrected chi connectivity index (χ1v) is 6.95. The summed E-state index contributed by atoms with van der Waals surface area (Å²) in [6.45, 7) is 0.842. The van der Waals surface area contributed by atoms with Gasteiger partial charge in [0.2, 0.25) is 0 Å². The molecule has 1 aromatic heterocycles. The van der Waals surface area contributed by atoms with Crippen molar-refractivity contribution in [1.29, 1.82) is 0 Å². The summed E-state index contributed by atoms with van der Waals surface area (Å²) in [6, 6.07) is 9.89. The Hall–Kier alpha value is -1.75. The first kappa shape index (κ1) is 12.7. The SMILES string of the molecule is CSc1cc(NCCc2ccc(N)cc2)ncn1. The maximum Gasteiger partial charge on any atom is 0.130 e. The summed E-state index contributed by atoms with van der Waals surface area (Å²) in [5.41, 5.74) is 7.70. The largest absolute Gasteiger partial charge is 0.399 e. The van der Waals surface area contributed by atoms with E-state index in [4.69, 9.17) is 5.73 Å². The van der Waals surface area contributed by atoms with Crippen LogP contribution in [-0.4, -0.2) is 22.8 Å². The van der Waals surface area contributed by atoms with Crippen LogP contribution >= 0.6 is 11.8 Å². The third-order valence-corrected chi connectivity index (χ3v) is 3.19. The molecule has 1 heterocycles. The molecule has 0 aliphatic carbocycles. The number of hydrogen-bond donors (Lipinski definition) is 2. The zero-order valence-corrected chi connectivity index (χ0v) is 11.1. The number of aromatic nitrogens is 2. The molecule has 1 aromatic carbocycles. The molecule has 2 rings (SSSR count). The number of nitrogens with one attached hydrogen (secondary N) is 1. The summed E-state index contributed by atoms with van der Waals surface area (Å²) in [7, 11) is 0. The number of nitrogens with zero attached hydrogens (tertiary/aromatic N) is 2. The molecule has 3 N–H and O–H groups in total. The smallest absolute Gasteiger partial charge is 0.130 e. The molecule has 0 aliphatic heterocycles. The summed E-state index contributed by atoms with van der Waals surface area (Å²) in [4.78, 5) is 8.31. The molecular weight excluding hydrogens is 244 g/mol. The number of anilines is 2. The lowest BCUT2D eigenvalue weighted by Gasteiger charge is -2.06. The van der Waals surface area contributed by atoms with Crippen molar-refractivity contribution >= 4 is 23.3 Å². The van der Waals surface area contributed by atoms with E-state index in [1.54, 1.807) is 18.1 Å². The van der Waals surface area contributed by atoms with Gasteiger partial charge in [-0.25, -0.2) is 9.97 Å². The van der Waals surface area contributed by atoms with Crippen molar-refractivity contribution in [1.82, 2.24) is 9.97 Å². The molecule has 0 saturated carbocycles. The number of nitrogen functional groups attached to an aromatic ring is 1. The second-order valence-electron chi connectivity index (χ2n) is 3.86. The van der Waals surface area contributed by atoms with Crippen LogP contribution in [0.1, 0.15) is 5.56 Å². The van der Waals surface area contributed by atoms with Crippen LogP contribution < -0.4 is 11.1 Å². The highest BCUT2D eigenvalue weighted by atomic mass is 32.2. The molecule has 0 fully saturated rings. The highest BCUT2D eigenvalue weighted by Crippen LogP contribution is 2.13. The molecule has 0 bridgehead atoms. The van der Waals surface area contributed by atoms with Crippen molar-refractivity contribution in [3.8, 4) is 0 Å². The Morgan fingerprint density at radius 3 is 2.72 bits per heavy atom. The van der Waals surface area contributed by atoms with Gasteiger partial charge in [0.1, 0.15) is 17.2 Å². The number of rotatable bonds is 5. The molecule has 2 aromatic rings. The van der Waals surface area contributed by atoms with E-state index in [2.05, 4.69) is 15.3 Å². The van der Waals surface area contributed by atoms with Gasteiger partial charge in [-0.2, -0.15) is 0 Å². The van der Waals surface area contributed by atoms with Crippen LogP contribution in [-0.2, 0) is 6.42 Å². The van der Waals surface area contributed by atoms with E-state index >= 15 is 0 Å². The first-order valence-electron chi connectivity index (χ1n) is 5.72. The van der Waals surface area contributed by atoms with Crippen molar-refractivity contribution in [2.75, 3.05) is 23.9 Å². The van der Waals surface area contributed by atoms with Gasteiger partial charge in [0.25, 0.3) is 0 Å². The zero-order chi connectivity index (χ0) is 12.8. The summed E-state index contributed by atoms with van der Waals surface area (Å²) in [6.07, 6.45) is 4.52. The van der Waals surface area contributed by atoms with E-state index in [1.165, 1.54) is 5.56 Å². The molecule has 0 spiro atoms. The van der Waals surface area contributed by atoms with Gasteiger partial charge in [0, 0.05) is 18.3 Å². The molecule has 0 radical (unpaired) electrons.